The summed E-state index contributed by atoms with van der Waals surface area (Å²) in [6.45, 7) is 3.01. The zero-order chi connectivity index (χ0) is 13.7. The third-order valence-corrected chi connectivity index (χ3v) is 3.32. The van der Waals surface area contributed by atoms with Crippen molar-refractivity contribution in [3.63, 3.8) is 0 Å². The van der Waals surface area contributed by atoms with Gasteiger partial charge in [0.25, 0.3) is 0 Å². The largest absolute Gasteiger partial charge is 0.497 e. The molecule has 0 spiro atoms. The van der Waals surface area contributed by atoms with E-state index in [2.05, 4.69) is 28.6 Å². The Morgan fingerprint density at radius 1 is 1.32 bits per heavy atom. The lowest BCUT2D eigenvalue weighted by molar-refractivity contribution is 0.414. The van der Waals surface area contributed by atoms with E-state index < -0.39 is 0 Å². The summed E-state index contributed by atoms with van der Waals surface area (Å²) < 4.78 is 7.24. The number of nitrogens with two attached hydrogens (primary N) is 1. The quantitative estimate of drug-likeness (QED) is 0.867. The van der Waals surface area contributed by atoms with E-state index in [4.69, 9.17) is 10.5 Å². The van der Waals surface area contributed by atoms with Crippen LogP contribution in [0.15, 0.2) is 36.7 Å². The molecule has 0 saturated carbocycles. The second-order valence-corrected chi connectivity index (χ2v) is 4.56. The summed E-state index contributed by atoms with van der Waals surface area (Å²) in [6, 6.07) is 8.11. The highest BCUT2D eigenvalue weighted by atomic mass is 16.5. The fraction of sp³-hybridized carbons (Fsp3) is 0.400. The predicted molar refractivity (Wildman–Crippen MR) is 76.1 cm³/mol. The van der Waals surface area contributed by atoms with E-state index >= 15 is 0 Å². The number of hydrogen-bond acceptors (Lipinski definition) is 3. The van der Waals surface area contributed by atoms with Crippen LogP contribution in [0.25, 0.3) is 0 Å². The molecule has 102 valence electrons. The zero-order valence-electron chi connectivity index (χ0n) is 11.5. The first-order chi connectivity index (χ1) is 9.24. The van der Waals surface area contributed by atoms with E-state index in [9.17, 15) is 0 Å². The summed E-state index contributed by atoms with van der Waals surface area (Å²) in [6.07, 6.45) is 5.62. The smallest absolute Gasteiger partial charge is 0.125 e. The molecular weight excluding hydrogens is 238 g/mol. The van der Waals surface area contributed by atoms with Gasteiger partial charge < -0.3 is 15.0 Å². The Hall–Kier alpha value is -1.81. The maximum absolute atomic E-state index is 6.21. The molecule has 4 nitrogen and oxygen atoms in total. The summed E-state index contributed by atoms with van der Waals surface area (Å²) in [4.78, 5) is 4.34. The number of benzene rings is 1. The van der Waals surface area contributed by atoms with Gasteiger partial charge in [-0.15, -0.1) is 0 Å². The molecule has 19 heavy (non-hydrogen) atoms. The minimum atomic E-state index is -0.0166. The molecule has 1 aromatic heterocycles. The standard InChI is InChI=1S/C15H21N3O/c1-3-18-11-10-17-15(18)14(16)9-6-12-4-7-13(19-2)8-5-12/h4-5,7-8,10-11,14H,3,6,9,16H2,1-2H3. The van der Waals surface area contributed by atoms with E-state index in [1.54, 1.807) is 7.11 Å². The van der Waals surface area contributed by atoms with Crippen LogP contribution in [-0.2, 0) is 13.0 Å². The molecule has 2 N–H and O–H groups in total. The average Bonchev–Trinajstić information content (AvgIpc) is 2.93. The molecular formula is C15H21N3O. The van der Waals surface area contributed by atoms with Crippen LogP contribution < -0.4 is 10.5 Å². The molecule has 0 aliphatic heterocycles. The molecule has 1 atom stereocenters. The van der Waals surface area contributed by atoms with Gasteiger partial charge >= 0.3 is 0 Å². The summed E-state index contributed by atoms with van der Waals surface area (Å²) in [5.74, 6) is 1.85. The van der Waals surface area contributed by atoms with Crippen molar-refractivity contribution in [1.29, 1.82) is 0 Å². The Morgan fingerprint density at radius 3 is 2.68 bits per heavy atom. The van der Waals surface area contributed by atoms with Gasteiger partial charge in [-0.3, -0.25) is 0 Å². The van der Waals surface area contributed by atoms with Crippen LogP contribution in [0, 0.1) is 0 Å². The number of aromatic nitrogens is 2. The molecule has 0 amide bonds. The number of hydrogen-bond donors (Lipinski definition) is 1. The summed E-state index contributed by atoms with van der Waals surface area (Å²) in [5.41, 5.74) is 7.48. The Bertz CT molecular complexity index is 504. The molecule has 0 bridgehead atoms. The van der Waals surface area contributed by atoms with Gasteiger partial charge in [0.2, 0.25) is 0 Å². The number of imidazole rings is 1. The number of rotatable bonds is 6. The Kier molecular flexibility index (Phi) is 4.58. The van der Waals surface area contributed by atoms with Gasteiger partial charge in [0.15, 0.2) is 0 Å². The average molecular weight is 259 g/mol. The van der Waals surface area contributed by atoms with E-state index in [1.165, 1.54) is 5.56 Å². The number of methoxy groups -OCH3 is 1. The van der Waals surface area contributed by atoms with Gasteiger partial charge in [0.05, 0.1) is 13.2 Å². The maximum Gasteiger partial charge on any atom is 0.125 e. The lowest BCUT2D eigenvalue weighted by Crippen LogP contribution is -2.17. The lowest BCUT2D eigenvalue weighted by Gasteiger charge is -2.13. The Morgan fingerprint density at radius 2 is 2.05 bits per heavy atom. The van der Waals surface area contributed by atoms with Crippen LogP contribution in [0.3, 0.4) is 0 Å². The fourth-order valence-corrected chi connectivity index (χ4v) is 2.16. The van der Waals surface area contributed by atoms with E-state index in [1.807, 2.05) is 24.5 Å². The van der Waals surface area contributed by atoms with Crippen molar-refractivity contribution in [1.82, 2.24) is 9.55 Å². The SMILES string of the molecule is CCn1ccnc1C(N)CCc1ccc(OC)cc1. The minimum absolute atomic E-state index is 0.0166. The molecule has 0 aliphatic rings. The van der Waals surface area contributed by atoms with Crippen LogP contribution >= 0.6 is 0 Å². The van der Waals surface area contributed by atoms with Crippen molar-refractivity contribution in [3.05, 3.63) is 48.0 Å². The zero-order valence-corrected chi connectivity index (χ0v) is 11.5. The van der Waals surface area contributed by atoms with Crippen LogP contribution in [0.5, 0.6) is 5.75 Å². The second-order valence-electron chi connectivity index (χ2n) is 4.56. The molecule has 4 heteroatoms. The van der Waals surface area contributed by atoms with Crippen molar-refractivity contribution in [2.45, 2.75) is 32.4 Å². The first-order valence-electron chi connectivity index (χ1n) is 6.64. The highest BCUT2D eigenvalue weighted by Crippen LogP contribution is 2.17. The lowest BCUT2D eigenvalue weighted by atomic mass is 10.1. The normalized spacial score (nSPS) is 12.4. The highest BCUT2D eigenvalue weighted by Gasteiger charge is 2.11. The van der Waals surface area contributed by atoms with E-state index in [-0.39, 0.29) is 6.04 Å². The first-order valence-corrected chi connectivity index (χ1v) is 6.64. The molecule has 1 heterocycles. The topological polar surface area (TPSA) is 53.1 Å². The number of aryl methyl sites for hydroxylation is 2. The molecule has 1 unspecified atom stereocenters. The number of ether oxygens (including phenoxy) is 1. The minimum Gasteiger partial charge on any atom is -0.497 e. The van der Waals surface area contributed by atoms with Crippen molar-refractivity contribution in [3.8, 4) is 5.75 Å². The molecule has 0 aliphatic carbocycles. The molecule has 0 radical (unpaired) electrons. The van der Waals surface area contributed by atoms with Crippen molar-refractivity contribution in [2.75, 3.05) is 7.11 Å². The number of nitrogens with zero attached hydrogens (tertiary/aromatic N) is 2. The van der Waals surface area contributed by atoms with E-state index in [0.29, 0.717) is 0 Å². The maximum atomic E-state index is 6.21. The van der Waals surface area contributed by atoms with Crippen LogP contribution in [0.4, 0.5) is 0 Å². The third-order valence-electron chi connectivity index (χ3n) is 3.32. The molecule has 1 aromatic carbocycles. The summed E-state index contributed by atoms with van der Waals surface area (Å²) >= 11 is 0. The fourth-order valence-electron chi connectivity index (χ4n) is 2.16. The van der Waals surface area contributed by atoms with Crippen molar-refractivity contribution >= 4 is 0 Å². The van der Waals surface area contributed by atoms with Crippen LogP contribution in [-0.4, -0.2) is 16.7 Å². The van der Waals surface area contributed by atoms with Gasteiger partial charge in [-0.2, -0.15) is 0 Å². The Balaban J connectivity index is 1.94. The van der Waals surface area contributed by atoms with Gasteiger partial charge in [-0.1, -0.05) is 12.1 Å². The predicted octanol–water partition coefficient (Wildman–Crippen LogP) is 2.54. The molecule has 2 aromatic rings. The highest BCUT2D eigenvalue weighted by molar-refractivity contribution is 5.27. The van der Waals surface area contributed by atoms with Crippen LogP contribution in [0.1, 0.15) is 30.8 Å². The second kappa shape index (κ2) is 6.38. The van der Waals surface area contributed by atoms with Crippen molar-refractivity contribution in [2.24, 2.45) is 5.73 Å². The third kappa shape index (κ3) is 3.35. The monoisotopic (exact) mass is 259 g/mol. The van der Waals surface area contributed by atoms with Crippen LogP contribution in [0.2, 0.25) is 0 Å². The van der Waals surface area contributed by atoms with E-state index in [0.717, 1.165) is 31.0 Å². The van der Waals surface area contributed by atoms with Crippen molar-refractivity contribution < 1.29 is 4.74 Å². The van der Waals surface area contributed by atoms with Gasteiger partial charge in [0, 0.05) is 18.9 Å². The van der Waals surface area contributed by atoms with Gasteiger partial charge in [-0.25, -0.2) is 4.98 Å². The summed E-state index contributed by atoms with van der Waals surface area (Å²) in [7, 11) is 1.68. The van der Waals surface area contributed by atoms with Gasteiger partial charge in [0.1, 0.15) is 11.6 Å². The first kappa shape index (κ1) is 13.6. The molecule has 0 saturated heterocycles. The molecule has 0 fully saturated rings. The summed E-state index contributed by atoms with van der Waals surface area (Å²) in [5, 5.41) is 0. The Labute approximate surface area is 114 Å². The molecule has 2 rings (SSSR count). The van der Waals surface area contributed by atoms with Gasteiger partial charge in [-0.05, 0) is 37.5 Å².